The Morgan fingerprint density at radius 1 is 1.33 bits per heavy atom. The van der Waals surface area contributed by atoms with Gasteiger partial charge in [-0.25, -0.2) is 8.42 Å². The molecule has 0 unspecified atom stereocenters. The molecule has 0 amide bonds. The van der Waals surface area contributed by atoms with E-state index >= 15 is 0 Å². The summed E-state index contributed by atoms with van der Waals surface area (Å²) in [4.78, 5) is 1.21. The zero-order valence-electron chi connectivity index (χ0n) is 11.7. The number of hydrogen-bond donors (Lipinski definition) is 1. The zero-order chi connectivity index (χ0) is 15.2. The van der Waals surface area contributed by atoms with Crippen molar-refractivity contribution in [1.82, 2.24) is 4.31 Å². The van der Waals surface area contributed by atoms with Gasteiger partial charge in [-0.15, -0.1) is 11.3 Å². The summed E-state index contributed by atoms with van der Waals surface area (Å²) < 4.78 is 28.4. The molecule has 1 fully saturated rings. The maximum Gasteiger partial charge on any atom is 0.244 e. The van der Waals surface area contributed by atoms with Gasteiger partial charge in [-0.2, -0.15) is 4.31 Å². The maximum absolute atomic E-state index is 12.9. The molecular weight excluding hydrogens is 328 g/mol. The molecule has 4 nitrogen and oxygen atoms in total. The van der Waals surface area contributed by atoms with Crippen molar-refractivity contribution >= 4 is 43.0 Å². The average Bonchev–Trinajstić information content (AvgIpc) is 2.75. The van der Waals surface area contributed by atoms with Gasteiger partial charge in [0.05, 0.1) is 0 Å². The van der Waals surface area contributed by atoms with Crippen LogP contribution in [0.4, 0.5) is 0 Å². The van der Waals surface area contributed by atoms with Crippen molar-refractivity contribution in [3.05, 3.63) is 28.1 Å². The molecule has 1 aromatic heterocycles. The molecule has 0 atom stereocenters. The highest BCUT2D eigenvalue weighted by Gasteiger charge is 2.31. The van der Waals surface area contributed by atoms with Gasteiger partial charge in [0.1, 0.15) is 4.90 Å². The molecule has 0 spiro atoms. The minimum absolute atomic E-state index is 0.103. The lowest BCUT2D eigenvalue weighted by Crippen LogP contribution is -2.42. The zero-order valence-corrected chi connectivity index (χ0v) is 14.1. The van der Waals surface area contributed by atoms with Crippen LogP contribution in [-0.2, 0) is 10.0 Å². The molecule has 2 heterocycles. The second kappa shape index (κ2) is 5.52. The smallest absolute Gasteiger partial charge is 0.244 e. The Morgan fingerprint density at radius 3 is 2.67 bits per heavy atom. The highest BCUT2D eigenvalue weighted by atomic mass is 35.5. The number of nitrogens with two attached hydrogens (primary N) is 1. The molecule has 0 radical (unpaired) electrons. The summed E-state index contributed by atoms with van der Waals surface area (Å²) in [7, 11) is -3.49. The van der Waals surface area contributed by atoms with E-state index < -0.39 is 10.0 Å². The van der Waals surface area contributed by atoms with E-state index in [-0.39, 0.29) is 6.04 Å². The molecule has 3 rings (SSSR count). The number of halogens is 1. The van der Waals surface area contributed by atoms with Crippen LogP contribution >= 0.6 is 22.9 Å². The Labute approximate surface area is 133 Å². The van der Waals surface area contributed by atoms with E-state index in [4.69, 9.17) is 17.3 Å². The summed E-state index contributed by atoms with van der Waals surface area (Å²) in [5.74, 6) is 0. The van der Waals surface area contributed by atoms with Crippen molar-refractivity contribution in [2.24, 2.45) is 5.73 Å². The van der Waals surface area contributed by atoms with Crippen molar-refractivity contribution in [3.63, 3.8) is 0 Å². The van der Waals surface area contributed by atoms with Crippen LogP contribution in [-0.4, -0.2) is 31.9 Å². The van der Waals surface area contributed by atoms with E-state index in [1.54, 1.807) is 16.4 Å². The summed E-state index contributed by atoms with van der Waals surface area (Å²) in [6.07, 6.45) is 1.42. The van der Waals surface area contributed by atoms with Crippen molar-refractivity contribution in [1.29, 1.82) is 0 Å². The quantitative estimate of drug-likeness (QED) is 0.910. The van der Waals surface area contributed by atoms with E-state index in [0.717, 1.165) is 15.0 Å². The number of benzene rings is 1. The molecule has 0 bridgehead atoms. The lowest BCUT2D eigenvalue weighted by atomic mass is 10.1. The topological polar surface area (TPSA) is 63.4 Å². The lowest BCUT2D eigenvalue weighted by molar-refractivity contribution is 0.320. The number of sulfonamides is 1. The number of thiophene rings is 1. The summed E-state index contributed by atoms with van der Waals surface area (Å²) in [6.45, 7) is 2.82. The monoisotopic (exact) mass is 344 g/mol. The van der Waals surface area contributed by atoms with Crippen LogP contribution < -0.4 is 5.73 Å². The first kappa shape index (κ1) is 15.2. The third-order valence-electron chi connectivity index (χ3n) is 3.87. The van der Waals surface area contributed by atoms with Gasteiger partial charge in [0.25, 0.3) is 0 Å². The molecule has 0 saturated carbocycles. The fraction of sp³-hybridized carbons (Fsp3) is 0.429. The van der Waals surface area contributed by atoms with Crippen LogP contribution in [0.2, 0.25) is 5.02 Å². The fourth-order valence-electron chi connectivity index (χ4n) is 2.74. The third-order valence-corrected chi connectivity index (χ3v) is 7.40. The van der Waals surface area contributed by atoms with Crippen LogP contribution in [0, 0.1) is 6.92 Å². The minimum atomic E-state index is -3.49. The van der Waals surface area contributed by atoms with Crippen molar-refractivity contribution in [3.8, 4) is 0 Å². The average molecular weight is 345 g/mol. The van der Waals surface area contributed by atoms with Crippen LogP contribution in [0.25, 0.3) is 10.1 Å². The number of hydrogen-bond acceptors (Lipinski definition) is 4. The van der Waals surface area contributed by atoms with Crippen LogP contribution in [0.5, 0.6) is 0 Å². The molecule has 2 aromatic rings. The van der Waals surface area contributed by atoms with Gasteiger partial charge in [0.2, 0.25) is 10.0 Å². The summed E-state index contributed by atoms with van der Waals surface area (Å²) >= 11 is 7.52. The van der Waals surface area contributed by atoms with Gasteiger partial charge in [0.15, 0.2) is 0 Å². The van der Waals surface area contributed by atoms with Crippen LogP contribution in [0.15, 0.2) is 23.1 Å². The fourth-order valence-corrected chi connectivity index (χ4v) is 6.11. The van der Waals surface area contributed by atoms with Gasteiger partial charge in [-0.3, -0.25) is 0 Å². The first-order valence-electron chi connectivity index (χ1n) is 6.84. The van der Waals surface area contributed by atoms with Gasteiger partial charge in [-0.1, -0.05) is 11.6 Å². The first-order chi connectivity index (χ1) is 9.89. The highest BCUT2D eigenvalue weighted by molar-refractivity contribution is 7.89. The van der Waals surface area contributed by atoms with E-state index in [9.17, 15) is 8.42 Å². The van der Waals surface area contributed by atoms with Crippen molar-refractivity contribution in [2.75, 3.05) is 13.1 Å². The Balaban J connectivity index is 2.10. The SMILES string of the molecule is Cc1sc2ccc(Cl)cc2c1S(=O)(=O)N1CCC(N)CC1. The summed E-state index contributed by atoms with van der Waals surface area (Å²) in [5, 5.41) is 1.28. The summed E-state index contributed by atoms with van der Waals surface area (Å²) in [6, 6.07) is 5.51. The van der Waals surface area contributed by atoms with Crippen molar-refractivity contribution in [2.45, 2.75) is 30.7 Å². The Bertz CT molecular complexity index is 778. The van der Waals surface area contributed by atoms with Gasteiger partial charge >= 0.3 is 0 Å². The van der Waals surface area contributed by atoms with Crippen LogP contribution in [0.1, 0.15) is 17.7 Å². The number of nitrogens with zero attached hydrogens (tertiary/aromatic N) is 1. The Morgan fingerprint density at radius 2 is 2.00 bits per heavy atom. The predicted octanol–water partition coefficient (Wildman–Crippen LogP) is 2.97. The molecule has 1 saturated heterocycles. The Kier molecular flexibility index (Phi) is 4.00. The second-order valence-corrected chi connectivity index (χ2v) is 8.94. The predicted molar refractivity (Wildman–Crippen MR) is 87.5 cm³/mol. The van der Waals surface area contributed by atoms with Crippen molar-refractivity contribution < 1.29 is 8.42 Å². The minimum Gasteiger partial charge on any atom is -0.328 e. The maximum atomic E-state index is 12.9. The lowest BCUT2D eigenvalue weighted by Gasteiger charge is -2.29. The van der Waals surface area contributed by atoms with E-state index in [2.05, 4.69) is 0 Å². The molecule has 1 aromatic carbocycles. The highest BCUT2D eigenvalue weighted by Crippen LogP contribution is 2.37. The molecule has 114 valence electrons. The van der Waals surface area contributed by atoms with Crippen LogP contribution in [0.3, 0.4) is 0 Å². The summed E-state index contributed by atoms with van der Waals surface area (Å²) in [5.41, 5.74) is 5.86. The molecular formula is C14H17ClN2O2S2. The van der Waals surface area contributed by atoms with E-state index in [0.29, 0.717) is 35.8 Å². The van der Waals surface area contributed by atoms with Gasteiger partial charge in [-0.05, 0) is 38.0 Å². The van der Waals surface area contributed by atoms with E-state index in [1.165, 1.54) is 11.3 Å². The van der Waals surface area contributed by atoms with Gasteiger partial charge < -0.3 is 5.73 Å². The standard InChI is InChI=1S/C14H17ClN2O2S2/c1-9-14(12-8-10(15)2-3-13(12)20-9)21(18,19)17-6-4-11(16)5-7-17/h2-3,8,11H,4-7,16H2,1H3. The molecule has 2 N–H and O–H groups in total. The second-order valence-electron chi connectivity index (χ2n) is 5.37. The van der Waals surface area contributed by atoms with Gasteiger partial charge in [0, 0.05) is 39.1 Å². The molecule has 7 heteroatoms. The largest absolute Gasteiger partial charge is 0.328 e. The number of fused-ring (bicyclic) bond motifs is 1. The first-order valence-corrected chi connectivity index (χ1v) is 9.47. The molecule has 1 aliphatic heterocycles. The molecule has 0 aliphatic carbocycles. The Hall–Kier alpha value is -0.660. The molecule has 1 aliphatic rings. The normalized spacial score (nSPS) is 18.4. The number of rotatable bonds is 2. The van der Waals surface area contributed by atoms with E-state index in [1.807, 2.05) is 13.0 Å². The number of aryl methyl sites for hydroxylation is 1. The number of piperidine rings is 1. The molecule has 21 heavy (non-hydrogen) atoms. The third kappa shape index (κ3) is 2.71.